The highest BCUT2D eigenvalue weighted by Crippen LogP contribution is 2.43. The van der Waals surface area contributed by atoms with E-state index in [1.165, 1.54) is 36.3 Å². The van der Waals surface area contributed by atoms with Crippen molar-refractivity contribution >= 4 is 38.8 Å². The molecule has 7 nitrogen and oxygen atoms in total. The molecule has 0 unspecified atom stereocenters. The zero-order valence-electron chi connectivity index (χ0n) is 24.4. The van der Waals surface area contributed by atoms with Crippen LogP contribution in [0.15, 0.2) is 83.3 Å². The van der Waals surface area contributed by atoms with E-state index in [4.69, 9.17) is 16.3 Å². The number of para-hydroxylation sites is 1. The monoisotopic (exact) mass is 607 g/mol. The number of piperazine rings is 1. The molecule has 5 rings (SSSR count). The van der Waals surface area contributed by atoms with Crippen LogP contribution in [0.1, 0.15) is 49.0 Å². The van der Waals surface area contributed by atoms with Crippen molar-refractivity contribution in [3.63, 3.8) is 0 Å². The van der Waals surface area contributed by atoms with Gasteiger partial charge in [0.1, 0.15) is 5.75 Å². The third-order valence-corrected chi connectivity index (χ3v) is 9.85. The quantitative estimate of drug-likeness (QED) is 0.326. The molecule has 1 N–H and O–H groups in total. The van der Waals surface area contributed by atoms with Crippen LogP contribution in [0.25, 0.3) is 5.57 Å². The highest BCUT2D eigenvalue weighted by atomic mass is 35.5. The number of hydrogen-bond acceptors (Lipinski definition) is 6. The first-order valence-electron chi connectivity index (χ1n) is 14.3. The van der Waals surface area contributed by atoms with E-state index in [1.807, 2.05) is 24.3 Å². The number of benzene rings is 3. The smallest absolute Gasteiger partial charge is 0.268 e. The van der Waals surface area contributed by atoms with E-state index in [-0.39, 0.29) is 15.9 Å². The topological polar surface area (TPSA) is 78.9 Å². The molecule has 9 heteroatoms. The van der Waals surface area contributed by atoms with E-state index in [0.29, 0.717) is 5.75 Å². The number of nitrogens with zero attached hydrogens (tertiary/aromatic N) is 2. The van der Waals surface area contributed by atoms with Crippen molar-refractivity contribution < 1.29 is 17.9 Å². The standard InChI is InChI=1S/C33H38ClN3O4S/c1-33(2)17-16-25(30(22-33)24-8-10-26(34)11-9-24)23-36-18-20-37(21-19-36)27-12-14-28(15-13-27)42(39,40)35-32(38)29-6-4-5-7-31(29)41-3/h4-15H,16-23H2,1-3H3,(H,35,38). The van der Waals surface area contributed by atoms with Gasteiger partial charge in [0.2, 0.25) is 0 Å². The molecule has 0 atom stereocenters. The van der Waals surface area contributed by atoms with Gasteiger partial charge in [-0.05, 0) is 84.3 Å². The zero-order chi connectivity index (χ0) is 29.9. The Morgan fingerprint density at radius 2 is 1.62 bits per heavy atom. The number of sulfonamides is 1. The second kappa shape index (κ2) is 12.5. The molecule has 1 amide bonds. The van der Waals surface area contributed by atoms with Gasteiger partial charge in [-0.1, -0.05) is 55.3 Å². The maximum Gasteiger partial charge on any atom is 0.268 e. The first kappa shape index (κ1) is 30.1. The van der Waals surface area contributed by atoms with Gasteiger partial charge in [-0.25, -0.2) is 13.1 Å². The molecular formula is C33H38ClN3O4S. The molecule has 222 valence electrons. The summed E-state index contributed by atoms with van der Waals surface area (Å²) in [6.45, 7) is 9.22. The third-order valence-electron chi connectivity index (χ3n) is 8.26. The SMILES string of the molecule is COc1ccccc1C(=O)NS(=O)(=O)c1ccc(N2CCN(CC3=C(c4ccc(Cl)cc4)CC(C)(C)CC3)CC2)cc1. The van der Waals surface area contributed by atoms with Crippen LogP contribution in [0.2, 0.25) is 5.02 Å². The van der Waals surface area contributed by atoms with Crippen LogP contribution in [-0.2, 0) is 10.0 Å². The fourth-order valence-corrected chi connectivity index (χ4v) is 6.89. The van der Waals surface area contributed by atoms with Crippen LogP contribution >= 0.6 is 11.6 Å². The summed E-state index contributed by atoms with van der Waals surface area (Å²) in [5, 5.41) is 0.760. The number of nitrogens with one attached hydrogen (secondary N) is 1. The number of carbonyl (C=O) groups is 1. The lowest BCUT2D eigenvalue weighted by molar-refractivity contribution is 0.0978. The van der Waals surface area contributed by atoms with Gasteiger partial charge in [0.05, 0.1) is 17.6 Å². The lowest BCUT2D eigenvalue weighted by Crippen LogP contribution is -2.47. The molecule has 3 aromatic rings. The van der Waals surface area contributed by atoms with E-state index in [2.05, 4.69) is 40.5 Å². The summed E-state index contributed by atoms with van der Waals surface area (Å²) in [4.78, 5) is 17.5. The minimum Gasteiger partial charge on any atom is -0.496 e. The lowest BCUT2D eigenvalue weighted by atomic mass is 9.72. The van der Waals surface area contributed by atoms with Crippen molar-refractivity contribution in [1.82, 2.24) is 9.62 Å². The van der Waals surface area contributed by atoms with Gasteiger partial charge >= 0.3 is 0 Å². The molecule has 2 aliphatic rings. The molecule has 1 saturated heterocycles. The van der Waals surface area contributed by atoms with Gasteiger partial charge in [0.15, 0.2) is 0 Å². The fourth-order valence-electron chi connectivity index (χ4n) is 5.80. The lowest BCUT2D eigenvalue weighted by Gasteiger charge is -2.39. The molecule has 1 aliphatic heterocycles. The van der Waals surface area contributed by atoms with Crippen molar-refractivity contribution in [3.05, 3.63) is 94.5 Å². The van der Waals surface area contributed by atoms with Crippen LogP contribution in [0.3, 0.4) is 0 Å². The molecule has 1 fully saturated rings. The number of amides is 1. The molecule has 0 radical (unpaired) electrons. The third kappa shape index (κ3) is 7.00. The summed E-state index contributed by atoms with van der Waals surface area (Å²) < 4.78 is 33.2. The summed E-state index contributed by atoms with van der Waals surface area (Å²) in [6, 6.07) is 21.5. The fraction of sp³-hybridized carbons (Fsp3) is 0.364. The number of anilines is 1. The van der Waals surface area contributed by atoms with E-state index < -0.39 is 15.9 Å². The van der Waals surface area contributed by atoms with E-state index in [0.717, 1.165) is 56.3 Å². The average molecular weight is 608 g/mol. The zero-order valence-corrected chi connectivity index (χ0v) is 26.0. The first-order valence-corrected chi connectivity index (χ1v) is 16.2. The van der Waals surface area contributed by atoms with Crippen molar-refractivity contribution in [2.75, 3.05) is 44.7 Å². The Balaban J connectivity index is 1.21. The molecule has 0 saturated carbocycles. The van der Waals surface area contributed by atoms with Gasteiger partial charge in [0, 0.05) is 43.4 Å². The Kier molecular flexibility index (Phi) is 8.97. The summed E-state index contributed by atoms with van der Waals surface area (Å²) in [5.74, 6) is -0.423. The number of methoxy groups -OCH3 is 1. The van der Waals surface area contributed by atoms with Crippen molar-refractivity contribution in [2.45, 2.75) is 38.0 Å². The van der Waals surface area contributed by atoms with Gasteiger partial charge < -0.3 is 9.64 Å². The summed E-state index contributed by atoms with van der Waals surface area (Å²) in [7, 11) is -2.60. The van der Waals surface area contributed by atoms with E-state index in [9.17, 15) is 13.2 Å². The van der Waals surface area contributed by atoms with Crippen LogP contribution in [-0.4, -0.2) is 59.1 Å². The number of hydrogen-bond donors (Lipinski definition) is 1. The molecule has 3 aromatic carbocycles. The van der Waals surface area contributed by atoms with Crippen molar-refractivity contribution in [1.29, 1.82) is 0 Å². The Morgan fingerprint density at radius 3 is 2.29 bits per heavy atom. The Labute approximate surface area is 254 Å². The van der Waals surface area contributed by atoms with Crippen LogP contribution < -0.4 is 14.4 Å². The summed E-state index contributed by atoms with van der Waals surface area (Å²) >= 11 is 6.17. The predicted molar refractivity (Wildman–Crippen MR) is 169 cm³/mol. The molecule has 0 bridgehead atoms. The predicted octanol–water partition coefficient (Wildman–Crippen LogP) is 6.25. The number of halogens is 1. The van der Waals surface area contributed by atoms with Crippen LogP contribution in [0, 0.1) is 5.41 Å². The Hall–Kier alpha value is -3.33. The number of rotatable bonds is 8. The Morgan fingerprint density at radius 1 is 0.952 bits per heavy atom. The van der Waals surface area contributed by atoms with E-state index in [1.54, 1.807) is 30.3 Å². The van der Waals surface area contributed by atoms with Gasteiger partial charge in [-0.2, -0.15) is 0 Å². The number of carbonyl (C=O) groups excluding carboxylic acids is 1. The first-order chi connectivity index (χ1) is 20.0. The van der Waals surface area contributed by atoms with Gasteiger partial charge in [-0.15, -0.1) is 0 Å². The van der Waals surface area contributed by atoms with Gasteiger partial charge in [0.25, 0.3) is 15.9 Å². The maximum absolute atomic E-state index is 12.9. The molecular weight excluding hydrogens is 570 g/mol. The van der Waals surface area contributed by atoms with Crippen molar-refractivity contribution in [2.24, 2.45) is 5.41 Å². The highest BCUT2D eigenvalue weighted by Gasteiger charge is 2.29. The molecule has 1 heterocycles. The van der Waals surface area contributed by atoms with Gasteiger partial charge in [-0.3, -0.25) is 9.69 Å². The van der Waals surface area contributed by atoms with Crippen molar-refractivity contribution in [3.8, 4) is 5.75 Å². The highest BCUT2D eigenvalue weighted by molar-refractivity contribution is 7.90. The average Bonchev–Trinajstić information content (AvgIpc) is 2.98. The van der Waals surface area contributed by atoms with E-state index >= 15 is 0 Å². The minimum absolute atomic E-state index is 0.0371. The molecule has 42 heavy (non-hydrogen) atoms. The number of ether oxygens (including phenoxy) is 1. The minimum atomic E-state index is -4.04. The van der Waals surface area contributed by atoms with Crippen LogP contribution in [0.5, 0.6) is 5.75 Å². The molecule has 0 aromatic heterocycles. The molecule has 0 spiro atoms. The largest absolute Gasteiger partial charge is 0.496 e. The number of allylic oxidation sites excluding steroid dienone is 1. The molecule has 1 aliphatic carbocycles. The second-order valence-electron chi connectivity index (χ2n) is 11.8. The summed E-state index contributed by atoms with van der Waals surface area (Å²) in [6.07, 6.45) is 3.36. The van der Waals surface area contributed by atoms with Crippen LogP contribution in [0.4, 0.5) is 5.69 Å². The second-order valence-corrected chi connectivity index (χ2v) is 13.9. The normalized spacial score (nSPS) is 17.7. The Bertz CT molecular complexity index is 1560. The summed E-state index contributed by atoms with van der Waals surface area (Å²) in [5.41, 5.74) is 5.66. The maximum atomic E-state index is 12.9.